The second kappa shape index (κ2) is 8.51. The van der Waals surface area contributed by atoms with Crippen LogP contribution in [0.5, 0.6) is 0 Å². The van der Waals surface area contributed by atoms with Crippen molar-refractivity contribution in [3.05, 3.63) is 54.0 Å². The maximum atomic E-state index is 12.6. The number of nitrogens with one attached hydrogen (secondary N) is 2. The van der Waals surface area contributed by atoms with Crippen LogP contribution in [0.1, 0.15) is 35.2 Å². The molecule has 0 unspecified atom stereocenters. The smallest absolute Gasteiger partial charge is 0.254 e. The van der Waals surface area contributed by atoms with Gasteiger partial charge in [0.1, 0.15) is 0 Å². The van der Waals surface area contributed by atoms with E-state index in [1.165, 1.54) is 10.9 Å². The number of amides is 2. The first-order chi connectivity index (χ1) is 14.1. The Morgan fingerprint density at radius 2 is 2.03 bits per heavy atom. The van der Waals surface area contributed by atoms with Crippen molar-refractivity contribution in [3.8, 4) is 0 Å². The third kappa shape index (κ3) is 4.50. The molecule has 1 aromatic carbocycles. The van der Waals surface area contributed by atoms with Gasteiger partial charge in [-0.3, -0.25) is 14.3 Å². The minimum absolute atomic E-state index is 0.0877. The van der Waals surface area contributed by atoms with Gasteiger partial charge in [0.15, 0.2) is 0 Å². The number of para-hydroxylation sites is 1. The summed E-state index contributed by atoms with van der Waals surface area (Å²) in [5.74, 6) is 0.539. The van der Waals surface area contributed by atoms with Crippen LogP contribution < -0.4 is 5.32 Å². The first-order valence-corrected chi connectivity index (χ1v) is 10.2. The molecule has 7 nitrogen and oxygen atoms in total. The predicted molar refractivity (Wildman–Crippen MR) is 111 cm³/mol. The molecule has 2 amide bonds. The number of aromatic amines is 1. The third-order valence-corrected chi connectivity index (χ3v) is 5.77. The van der Waals surface area contributed by atoms with Crippen molar-refractivity contribution < 1.29 is 9.59 Å². The van der Waals surface area contributed by atoms with Crippen LogP contribution in [0.15, 0.2) is 42.9 Å². The lowest BCUT2D eigenvalue weighted by Gasteiger charge is -2.32. The summed E-state index contributed by atoms with van der Waals surface area (Å²) in [6.45, 7) is 2.17. The van der Waals surface area contributed by atoms with Gasteiger partial charge < -0.3 is 15.2 Å². The fourth-order valence-electron chi connectivity index (χ4n) is 4.00. The fraction of sp³-hybridized carbons (Fsp3) is 0.409. The molecule has 152 valence electrons. The van der Waals surface area contributed by atoms with Gasteiger partial charge in [0, 0.05) is 56.4 Å². The number of carbonyl (C=O) groups excluding carboxylic acids is 2. The average Bonchev–Trinajstić information content (AvgIpc) is 3.37. The number of fused-ring (bicyclic) bond motifs is 1. The lowest BCUT2D eigenvalue weighted by molar-refractivity contribution is -0.132. The second-order valence-electron chi connectivity index (χ2n) is 7.80. The second-order valence-corrected chi connectivity index (χ2v) is 7.80. The Balaban J connectivity index is 1.21. The van der Waals surface area contributed by atoms with E-state index in [9.17, 15) is 9.59 Å². The van der Waals surface area contributed by atoms with Crippen molar-refractivity contribution in [2.24, 2.45) is 13.0 Å². The Bertz CT molecular complexity index is 997. The van der Waals surface area contributed by atoms with E-state index in [-0.39, 0.29) is 11.8 Å². The van der Waals surface area contributed by atoms with Gasteiger partial charge in [-0.25, -0.2) is 0 Å². The standard InChI is InChI=1S/C22H27N5O2/c1-26-15-18(14-25-26)22(29)24-12-16-8-10-27(11-9-16)21(28)7-6-17-13-23-20-5-3-2-4-19(17)20/h2-5,13-16,23H,6-12H2,1H3,(H,24,29). The Hall–Kier alpha value is -3.09. The molecule has 0 radical (unpaired) electrons. The highest BCUT2D eigenvalue weighted by Gasteiger charge is 2.23. The largest absolute Gasteiger partial charge is 0.361 e. The highest BCUT2D eigenvalue weighted by molar-refractivity contribution is 5.93. The van der Waals surface area contributed by atoms with E-state index in [0.717, 1.165) is 37.9 Å². The molecule has 0 saturated carbocycles. The average molecular weight is 393 g/mol. The normalized spacial score (nSPS) is 15.0. The minimum atomic E-state index is -0.0877. The Morgan fingerprint density at radius 1 is 1.24 bits per heavy atom. The molecule has 29 heavy (non-hydrogen) atoms. The van der Waals surface area contributed by atoms with Crippen LogP contribution in [0.3, 0.4) is 0 Å². The van der Waals surface area contributed by atoms with Crippen molar-refractivity contribution in [1.82, 2.24) is 25.0 Å². The Kier molecular flexibility index (Phi) is 5.64. The number of piperidine rings is 1. The first kappa shape index (κ1) is 19.2. The van der Waals surface area contributed by atoms with E-state index in [1.54, 1.807) is 24.1 Å². The predicted octanol–water partition coefficient (Wildman–Crippen LogP) is 2.50. The number of hydrogen-bond donors (Lipinski definition) is 2. The van der Waals surface area contributed by atoms with E-state index >= 15 is 0 Å². The summed E-state index contributed by atoms with van der Waals surface area (Å²) in [6, 6.07) is 8.19. The molecule has 2 aromatic heterocycles. The van der Waals surface area contributed by atoms with Gasteiger partial charge in [-0.2, -0.15) is 5.10 Å². The molecule has 1 aliphatic rings. The van der Waals surface area contributed by atoms with Crippen LogP contribution in [0, 0.1) is 5.92 Å². The molecule has 1 saturated heterocycles. The van der Waals surface area contributed by atoms with Gasteiger partial charge in [0.25, 0.3) is 5.91 Å². The molecule has 2 N–H and O–H groups in total. The van der Waals surface area contributed by atoms with Gasteiger partial charge in [-0.1, -0.05) is 18.2 Å². The molecule has 3 heterocycles. The van der Waals surface area contributed by atoms with Gasteiger partial charge >= 0.3 is 0 Å². The number of nitrogens with zero attached hydrogens (tertiary/aromatic N) is 3. The quantitative estimate of drug-likeness (QED) is 0.675. The molecule has 7 heteroatoms. The molecule has 4 rings (SSSR count). The maximum Gasteiger partial charge on any atom is 0.254 e. The summed E-state index contributed by atoms with van der Waals surface area (Å²) in [7, 11) is 1.79. The number of aromatic nitrogens is 3. The first-order valence-electron chi connectivity index (χ1n) is 10.2. The zero-order valence-electron chi connectivity index (χ0n) is 16.7. The van der Waals surface area contributed by atoms with E-state index < -0.39 is 0 Å². The molecule has 1 fully saturated rings. The molecule has 0 bridgehead atoms. The summed E-state index contributed by atoms with van der Waals surface area (Å²) < 4.78 is 1.62. The van der Waals surface area contributed by atoms with Gasteiger partial charge in [-0.15, -0.1) is 0 Å². The highest BCUT2D eigenvalue weighted by Crippen LogP contribution is 2.21. The van der Waals surface area contributed by atoms with Crippen molar-refractivity contribution in [2.75, 3.05) is 19.6 Å². The lowest BCUT2D eigenvalue weighted by atomic mass is 9.96. The van der Waals surface area contributed by atoms with Gasteiger partial charge in [0.2, 0.25) is 5.91 Å². The van der Waals surface area contributed by atoms with E-state index in [2.05, 4.69) is 27.5 Å². The zero-order valence-corrected chi connectivity index (χ0v) is 16.7. The van der Waals surface area contributed by atoms with Crippen molar-refractivity contribution >= 4 is 22.7 Å². The molecular formula is C22H27N5O2. The van der Waals surface area contributed by atoms with Crippen LogP contribution in [0.4, 0.5) is 0 Å². The number of likely N-dealkylation sites (tertiary alicyclic amines) is 1. The number of rotatable bonds is 6. The van der Waals surface area contributed by atoms with E-state index in [4.69, 9.17) is 0 Å². The Labute approximate surface area is 170 Å². The topological polar surface area (TPSA) is 83.0 Å². The van der Waals surface area contributed by atoms with Crippen LogP contribution in [-0.2, 0) is 18.3 Å². The summed E-state index contributed by atoms with van der Waals surface area (Å²) in [6.07, 6.45) is 8.43. The minimum Gasteiger partial charge on any atom is -0.361 e. The summed E-state index contributed by atoms with van der Waals surface area (Å²) in [5.41, 5.74) is 2.89. The summed E-state index contributed by atoms with van der Waals surface area (Å²) >= 11 is 0. The molecule has 0 spiro atoms. The summed E-state index contributed by atoms with van der Waals surface area (Å²) in [5, 5.41) is 8.21. The molecule has 1 aliphatic heterocycles. The van der Waals surface area contributed by atoms with Crippen molar-refractivity contribution in [2.45, 2.75) is 25.7 Å². The third-order valence-electron chi connectivity index (χ3n) is 5.77. The number of aryl methyl sites for hydroxylation is 2. The maximum absolute atomic E-state index is 12.6. The SMILES string of the molecule is Cn1cc(C(=O)NCC2CCN(C(=O)CCc3c[nH]c4ccccc34)CC2)cn1. The number of carbonyl (C=O) groups is 2. The molecule has 3 aromatic rings. The zero-order chi connectivity index (χ0) is 20.2. The van der Waals surface area contributed by atoms with Crippen molar-refractivity contribution in [1.29, 1.82) is 0 Å². The van der Waals surface area contributed by atoms with E-state index in [1.807, 2.05) is 23.2 Å². The van der Waals surface area contributed by atoms with Gasteiger partial charge in [-0.05, 0) is 36.8 Å². The number of hydrogen-bond acceptors (Lipinski definition) is 3. The van der Waals surface area contributed by atoms with Crippen LogP contribution >= 0.6 is 0 Å². The lowest BCUT2D eigenvalue weighted by Crippen LogP contribution is -2.41. The van der Waals surface area contributed by atoms with Gasteiger partial charge in [0.05, 0.1) is 11.8 Å². The summed E-state index contributed by atoms with van der Waals surface area (Å²) in [4.78, 5) is 30.0. The highest BCUT2D eigenvalue weighted by atomic mass is 16.2. The molecule has 0 atom stereocenters. The van der Waals surface area contributed by atoms with Crippen LogP contribution in [0.25, 0.3) is 10.9 Å². The monoisotopic (exact) mass is 393 g/mol. The van der Waals surface area contributed by atoms with Crippen LogP contribution in [-0.4, -0.2) is 51.1 Å². The number of H-pyrrole nitrogens is 1. The Morgan fingerprint density at radius 3 is 2.79 bits per heavy atom. The van der Waals surface area contributed by atoms with Crippen LogP contribution in [0.2, 0.25) is 0 Å². The fourth-order valence-corrected chi connectivity index (χ4v) is 4.00. The van der Waals surface area contributed by atoms with Crippen molar-refractivity contribution in [3.63, 3.8) is 0 Å². The van der Waals surface area contributed by atoms with E-state index in [0.29, 0.717) is 24.4 Å². The molecular weight excluding hydrogens is 366 g/mol. The molecule has 0 aliphatic carbocycles. The number of benzene rings is 1.